The monoisotopic (exact) mass is 318 g/mol. The van der Waals surface area contributed by atoms with Crippen LogP contribution in [0.15, 0.2) is 24.4 Å². The number of hydrogen-bond donors (Lipinski definition) is 2. The summed E-state index contributed by atoms with van der Waals surface area (Å²) in [7, 11) is 1.54. The maximum absolute atomic E-state index is 11.9. The Labute approximate surface area is 132 Å². The number of halogens is 1. The number of aromatic nitrogens is 2. The maximum atomic E-state index is 11.9. The van der Waals surface area contributed by atoms with Crippen molar-refractivity contribution in [1.29, 1.82) is 0 Å². The number of carbonyl (C=O) groups excluding carboxylic acids is 1. The number of nitrogens with zero attached hydrogens (tertiary/aromatic N) is 2. The van der Waals surface area contributed by atoms with Gasteiger partial charge in [-0.25, -0.2) is 4.98 Å². The van der Waals surface area contributed by atoms with E-state index in [1.165, 1.54) is 13.3 Å². The average molecular weight is 319 g/mol. The van der Waals surface area contributed by atoms with Gasteiger partial charge in [0.2, 0.25) is 5.28 Å². The number of anilines is 2. The van der Waals surface area contributed by atoms with Crippen molar-refractivity contribution in [3.8, 4) is 5.75 Å². The second-order valence-electron chi connectivity index (χ2n) is 5.09. The van der Waals surface area contributed by atoms with Crippen molar-refractivity contribution in [2.45, 2.75) is 12.8 Å². The van der Waals surface area contributed by atoms with E-state index >= 15 is 0 Å². The zero-order valence-electron chi connectivity index (χ0n) is 12.2. The van der Waals surface area contributed by atoms with Gasteiger partial charge in [-0.15, -0.1) is 0 Å². The largest absolute Gasteiger partial charge is 0.491 e. The number of carbonyl (C=O) groups is 1. The minimum absolute atomic E-state index is 0.0395. The molecule has 2 heterocycles. The van der Waals surface area contributed by atoms with E-state index in [9.17, 15) is 4.79 Å². The summed E-state index contributed by atoms with van der Waals surface area (Å²) in [4.78, 5) is 19.9. The highest BCUT2D eigenvalue weighted by molar-refractivity contribution is 6.28. The van der Waals surface area contributed by atoms with Crippen LogP contribution in [0.4, 0.5) is 11.5 Å². The van der Waals surface area contributed by atoms with Crippen molar-refractivity contribution in [2.75, 3.05) is 19.0 Å². The van der Waals surface area contributed by atoms with Crippen LogP contribution in [0, 0.1) is 0 Å². The summed E-state index contributed by atoms with van der Waals surface area (Å²) >= 11 is 5.83. The van der Waals surface area contributed by atoms with E-state index in [-0.39, 0.29) is 17.1 Å². The van der Waals surface area contributed by atoms with Gasteiger partial charge in [0.1, 0.15) is 0 Å². The molecule has 1 amide bonds. The van der Waals surface area contributed by atoms with Gasteiger partial charge in [-0.3, -0.25) is 4.79 Å². The summed E-state index contributed by atoms with van der Waals surface area (Å²) in [5, 5.41) is 6.16. The Hall–Kier alpha value is -2.34. The fourth-order valence-electron chi connectivity index (χ4n) is 2.43. The number of nitrogens with one attached hydrogen (secondary N) is 2. The van der Waals surface area contributed by atoms with Gasteiger partial charge in [0.05, 0.1) is 13.3 Å². The summed E-state index contributed by atoms with van der Waals surface area (Å²) < 4.78 is 5.21. The fourth-order valence-corrected chi connectivity index (χ4v) is 2.56. The molecule has 1 aromatic heterocycles. The third-order valence-corrected chi connectivity index (χ3v) is 3.79. The quantitative estimate of drug-likeness (QED) is 0.851. The number of rotatable bonds is 3. The van der Waals surface area contributed by atoms with E-state index in [0.717, 1.165) is 11.3 Å². The van der Waals surface area contributed by atoms with Crippen molar-refractivity contribution >= 4 is 29.0 Å². The Morgan fingerprint density at radius 1 is 1.45 bits per heavy atom. The van der Waals surface area contributed by atoms with Gasteiger partial charge in [-0.2, -0.15) is 4.98 Å². The molecule has 7 heteroatoms. The molecule has 1 aliphatic heterocycles. The van der Waals surface area contributed by atoms with Gasteiger partial charge in [-0.1, -0.05) is 6.92 Å². The second kappa shape index (κ2) is 5.81. The van der Waals surface area contributed by atoms with Gasteiger partial charge in [0.15, 0.2) is 11.6 Å². The van der Waals surface area contributed by atoms with Crippen LogP contribution < -0.4 is 15.4 Å². The molecule has 6 nitrogen and oxygen atoms in total. The number of amides is 1. The zero-order chi connectivity index (χ0) is 15.7. The number of methoxy groups -OCH3 is 1. The molecule has 0 saturated heterocycles. The van der Waals surface area contributed by atoms with Gasteiger partial charge < -0.3 is 15.4 Å². The molecule has 0 spiro atoms. The minimum Gasteiger partial charge on any atom is -0.491 e. The topological polar surface area (TPSA) is 76.1 Å². The lowest BCUT2D eigenvalue weighted by Crippen LogP contribution is -2.33. The maximum Gasteiger partial charge on any atom is 0.251 e. The van der Waals surface area contributed by atoms with Crippen molar-refractivity contribution in [2.24, 2.45) is 0 Å². The Bertz CT molecular complexity index is 735. The molecule has 3 rings (SSSR count). The van der Waals surface area contributed by atoms with E-state index in [4.69, 9.17) is 16.3 Å². The highest BCUT2D eigenvalue weighted by Gasteiger charge is 2.22. The minimum atomic E-state index is -0.0395. The molecule has 0 saturated carbocycles. The number of benzene rings is 1. The Kier molecular flexibility index (Phi) is 3.85. The van der Waals surface area contributed by atoms with Crippen LogP contribution in [0.5, 0.6) is 5.75 Å². The average Bonchev–Trinajstić information content (AvgIpc) is 2.51. The van der Waals surface area contributed by atoms with Crippen LogP contribution in [0.2, 0.25) is 5.28 Å². The highest BCUT2D eigenvalue weighted by atomic mass is 35.5. The lowest BCUT2D eigenvalue weighted by molar-refractivity contribution is 0.0941. The van der Waals surface area contributed by atoms with Crippen molar-refractivity contribution in [3.63, 3.8) is 0 Å². The SMILES string of the molecule is COc1cnc(Cl)nc1Nc1ccc2c(c1)C(C)CNC2=O. The molecule has 114 valence electrons. The van der Waals surface area contributed by atoms with E-state index < -0.39 is 0 Å². The molecule has 0 aliphatic carbocycles. The number of hydrogen-bond acceptors (Lipinski definition) is 5. The van der Waals surface area contributed by atoms with Crippen LogP contribution in [0.3, 0.4) is 0 Å². The van der Waals surface area contributed by atoms with Gasteiger partial charge in [-0.05, 0) is 41.3 Å². The standard InChI is InChI=1S/C15H15ClN4O2/c1-8-6-17-14(21)10-4-3-9(5-11(8)10)19-13-12(22-2)7-18-15(16)20-13/h3-5,7-8H,6H2,1-2H3,(H,17,21)(H,18,19,20). The van der Waals surface area contributed by atoms with Gasteiger partial charge in [0, 0.05) is 17.8 Å². The first-order chi connectivity index (χ1) is 10.6. The van der Waals surface area contributed by atoms with Crippen molar-refractivity contribution in [1.82, 2.24) is 15.3 Å². The first-order valence-corrected chi connectivity index (χ1v) is 7.22. The first-order valence-electron chi connectivity index (χ1n) is 6.84. The molecular weight excluding hydrogens is 304 g/mol. The third-order valence-electron chi connectivity index (χ3n) is 3.60. The van der Waals surface area contributed by atoms with Crippen molar-refractivity contribution < 1.29 is 9.53 Å². The van der Waals surface area contributed by atoms with E-state index in [1.807, 2.05) is 12.1 Å². The third kappa shape index (κ3) is 2.69. The summed E-state index contributed by atoms with van der Waals surface area (Å²) in [6, 6.07) is 5.58. The van der Waals surface area contributed by atoms with Crippen LogP contribution in [0.1, 0.15) is 28.8 Å². The van der Waals surface area contributed by atoms with E-state index in [0.29, 0.717) is 23.7 Å². The molecule has 0 radical (unpaired) electrons. The normalized spacial score (nSPS) is 16.7. The summed E-state index contributed by atoms with van der Waals surface area (Å²) in [6.07, 6.45) is 1.51. The second-order valence-corrected chi connectivity index (χ2v) is 5.43. The smallest absolute Gasteiger partial charge is 0.251 e. The molecule has 1 aromatic carbocycles. The van der Waals surface area contributed by atoms with E-state index in [2.05, 4.69) is 27.5 Å². The molecule has 1 atom stereocenters. The lowest BCUT2D eigenvalue weighted by atomic mass is 9.91. The molecule has 1 unspecified atom stereocenters. The zero-order valence-corrected chi connectivity index (χ0v) is 12.9. The lowest BCUT2D eigenvalue weighted by Gasteiger charge is -2.23. The van der Waals surface area contributed by atoms with E-state index in [1.54, 1.807) is 6.07 Å². The predicted molar refractivity (Wildman–Crippen MR) is 84.1 cm³/mol. The number of ether oxygens (including phenoxy) is 1. The molecular formula is C15H15ClN4O2. The first kappa shape index (κ1) is 14.6. The van der Waals surface area contributed by atoms with Crippen LogP contribution in [-0.2, 0) is 0 Å². The number of fused-ring (bicyclic) bond motifs is 1. The Morgan fingerprint density at radius 3 is 3.05 bits per heavy atom. The van der Waals surface area contributed by atoms with Gasteiger partial charge in [0.25, 0.3) is 5.91 Å². The summed E-state index contributed by atoms with van der Waals surface area (Å²) in [5.74, 6) is 1.19. The van der Waals surface area contributed by atoms with Crippen LogP contribution >= 0.6 is 11.6 Å². The van der Waals surface area contributed by atoms with Crippen LogP contribution in [-0.4, -0.2) is 29.5 Å². The highest BCUT2D eigenvalue weighted by Crippen LogP contribution is 2.30. The fraction of sp³-hybridized carbons (Fsp3) is 0.267. The molecule has 2 aromatic rings. The van der Waals surface area contributed by atoms with Gasteiger partial charge >= 0.3 is 0 Å². The molecule has 2 N–H and O–H groups in total. The predicted octanol–water partition coefficient (Wildman–Crippen LogP) is 2.73. The molecule has 1 aliphatic rings. The molecule has 0 fully saturated rings. The summed E-state index contributed by atoms with van der Waals surface area (Å²) in [6.45, 7) is 2.71. The van der Waals surface area contributed by atoms with Crippen molar-refractivity contribution in [3.05, 3.63) is 40.8 Å². The Morgan fingerprint density at radius 2 is 2.27 bits per heavy atom. The van der Waals surface area contributed by atoms with Crippen LogP contribution in [0.25, 0.3) is 0 Å². The Balaban J connectivity index is 1.96. The molecule has 22 heavy (non-hydrogen) atoms. The molecule has 0 bridgehead atoms. The summed E-state index contributed by atoms with van der Waals surface area (Å²) in [5.41, 5.74) is 2.53.